The number of carbonyl (C=O) groups excluding carboxylic acids is 1. The molecule has 0 unspecified atom stereocenters. The molecule has 0 aromatic heterocycles. The highest BCUT2D eigenvalue weighted by Crippen LogP contribution is 2.28. The number of hydrogen-bond donors (Lipinski definition) is 1. The predicted octanol–water partition coefficient (Wildman–Crippen LogP) is 3.36. The Morgan fingerprint density at radius 3 is 2.46 bits per heavy atom. The second-order valence-corrected chi connectivity index (χ2v) is 6.98. The molecule has 0 aliphatic carbocycles. The van der Waals surface area contributed by atoms with Gasteiger partial charge >= 0.3 is 6.36 Å². The van der Waals surface area contributed by atoms with Crippen molar-refractivity contribution in [3.05, 3.63) is 35.4 Å². The summed E-state index contributed by atoms with van der Waals surface area (Å²) in [6, 6.07) is 4.10. The van der Waals surface area contributed by atoms with Crippen molar-refractivity contribution in [1.29, 1.82) is 0 Å². The van der Waals surface area contributed by atoms with Gasteiger partial charge in [0.05, 0.1) is 0 Å². The fraction of sp³-hybridized carbons (Fsp3) is 0.526. The van der Waals surface area contributed by atoms with E-state index in [0.29, 0.717) is 23.0 Å². The third kappa shape index (κ3) is 4.78. The van der Waals surface area contributed by atoms with Crippen LogP contribution in [0.1, 0.15) is 24.0 Å². The molecule has 142 valence electrons. The largest absolute Gasteiger partial charge is 0.573 e. The zero-order valence-corrected chi connectivity index (χ0v) is 14.7. The van der Waals surface area contributed by atoms with E-state index >= 15 is 0 Å². The average Bonchev–Trinajstić information content (AvgIpc) is 2.91. The highest BCUT2D eigenvalue weighted by Gasteiger charge is 2.32. The van der Waals surface area contributed by atoms with Crippen LogP contribution in [0.25, 0.3) is 6.08 Å². The first kappa shape index (κ1) is 18.8. The molecule has 2 heterocycles. The first-order valence-electron chi connectivity index (χ1n) is 8.86. The molecule has 26 heavy (non-hydrogen) atoms. The van der Waals surface area contributed by atoms with Crippen molar-refractivity contribution in [2.24, 2.45) is 11.8 Å². The number of carbonyl (C=O) groups is 1. The van der Waals surface area contributed by atoms with Crippen LogP contribution < -0.4 is 10.1 Å². The van der Waals surface area contributed by atoms with Gasteiger partial charge in [-0.3, -0.25) is 4.79 Å². The van der Waals surface area contributed by atoms with Crippen LogP contribution in [0.3, 0.4) is 0 Å². The van der Waals surface area contributed by atoms with Crippen LogP contribution in [0, 0.1) is 18.8 Å². The summed E-state index contributed by atoms with van der Waals surface area (Å²) in [7, 11) is 0. The van der Waals surface area contributed by atoms with Gasteiger partial charge in [-0.25, -0.2) is 0 Å². The van der Waals surface area contributed by atoms with Crippen LogP contribution in [-0.4, -0.2) is 43.3 Å². The highest BCUT2D eigenvalue weighted by atomic mass is 19.4. The summed E-state index contributed by atoms with van der Waals surface area (Å²) in [5, 5.41) is 3.41. The molecule has 7 heteroatoms. The minimum absolute atomic E-state index is 0.0482. The molecule has 2 atom stereocenters. The van der Waals surface area contributed by atoms with Crippen molar-refractivity contribution >= 4 is 12.0 Å². The quantitative estimate of drug-likeness (QED) is 0.832. The summed E-state index contributed by atoms with van der Waals surface area (Å²) in [6.45, 7) is 5.27. The Morgan fingerprint density at radius 1 is 1.23 bits per heavy atom. The number of nitrogens with zero attached hydrogens (tertiary/aromatic N) is 1. The van der Waals surface area contributed by atoms with Crippen LogP contribution in [0.5, 0.6) is 5.75 Å². The smallest absolute Gasteiger partial charge is 0.406 e. The van der Waals surface area contributed by atoms with Gasteiger partial charge in [0, 0.05) is 19.2 Å². The van der Waals surface area contributed by atoms with Crippen molar-refractivity contribution in [3.63, 3.8) is 0 Å². The number of alkyl halides is 3. The van der Waals surface area contributed by atoms with E-state index in [0.717, 1.165) is 39.0 Å². The van der Waals surface area contributed by atoms with Crippen molar-refractivity contribution in [2.45, 2.75) is 26.1 Å². The third-order valence-electron chi connectivity index (χ3n) is 5.21. The molecule has 2 saturated heterocycles. The Hall–Kier alpha value is -2.02. The van der Waals surface area contributed by atoms with Crippen LogP contribution in [-0.2, 0) is 4.79 Å². The second-order valence-electron chi connectivity index (χ2n) is 6.98. The number of likely N-dealkylation sites (tertiary alicyclic amines) is 1. The van der Waals surface area contributed by atoms with Crippen LogP contribution in [0.15, 0.2) is 24.3 Å². The molecule has 0 radical (unpaired) electrons. The molecule has 1 N–H and O–H groups in total. The summed E-state index contributed by atoms with van der Waals surface area (Å²) in [4.78, 5) is 14.3. The number of rotatable bonds is 3. The highest BCUT2D eigenvalue weighted by molar-refractivity contribution is 5.92. The van der Waals surface area contributed by atoms with Gasteiger partial charge in [-0.1, -0.05) is 6.07 Å². The van der Waals surface area contributed by atoms with Crippen molar-refractivity contribution < 1.29 is 22.7 Å². The Labute approximate surface area is 151 Å². The SMILES string of the molecule is Cc1cc(OC(F)(F)F)ccc1C=CC(=O)N1CC[C@@H]2CNC[C@@H]2CC1. The van der Waals surface area contributed by atoms with Gasteiger partial charge in [-0.15, -0.1) is 13.2 Å². The molecule has 2 aliphatic rings. The van der Waals surface area contributed by atoms with Gasteiger partial charge in [0.25, 0.3) is 0 Å². The van der Waals surface area contributed by atoms with Crippen LogP contribution in [0.4, 0.5) is 13.2 Å². The van der Waals surface area contributed by atoms with Crippen molar-refractivity contribution in [1.82, 2.24) is 10.2 Å². The molecule has 4 nitrogen and oxygen atoms in total. The molecule has 0 saturated carbocycles. The standard InChI is InChI=1S/C19H23F3N2O2/c1-13-10-17(26-19(20,21)22)4-2-14(13)3-5-18(25)24-8-6-15-11-23-12-16(15)7-9-24/h2-5,10,15-16,23H,6-9,11-12H2,1H3/t15-,16+. The fourth-order valence-electron chi connectivity index (χ4n) is 3.74. The van der Waals surface area contributed by atoms with E-state index in [-0.39, 0.29) is 11.7 Å². The summed E-state index contributed by atoms with van der Waals surface area (Å²) in [5.74, 6) is 1.000. The molecule has 3 rings (SSSR count). The van der Waals surface area contributed by atoms with Gasteiger partial charge < -0.3 is 15.0 Å². The molecule has 1 aromatic rings. The number of ether oxygens (including phenoxy) is 1. The maximum absolute atomic E-state index is 12.5. The average molecular weight is 368 g/mol. The number of halogens is 3. The van der Waals surface area contributed by atoms with E-state index in [1.54, 1.807) is 13.0 Å². The van der Waals surface area contributed by atoms with Crippen LogP contribution >= 0.6 is 0 Å². The Balaban J connectivity index is 1.61. The van der Waals surface area contributed by atoms with E-state index in [9.17, 15) is 18.0 Å². The summed E-state index contributed by atoms with van der Waals surface area (Å²) >= 11 is 0. The number of fused-ring (bicyclic) bond motifs is 1. The van der Waals surface area contributed by atoms with Crippen molar-refractivity contribution in [2.75, 3.05) is 26.2 Å². The molecule has 1 amide bonds. The minimum Gasteiger partial charge on any atom is -0.406 e. The fourth-order valence-corrected chi connectivity index (χ4v) is 3.74. The van der Waals surface area contributed by atoms with Gasteiger partial charge in [0.2, 0.25) is 5.91 Å². The molecule has 0 bridgehead atoms. The maximum atomic E-state index is 12.5. The molecule has 0 spiro atoms. The number of amides is 1. The lowest BCUT2D eigenvalue weighted by atomic mass is 9.92. The maximum Gasteiger partial charge on any atom is 0.573 e. The molecular formula is C19H23F3N2O2. The lowest BCUT2D eigenvalue weighted by molar-refractivity contribution is -0.274. The van der Waals surface area contributed by atoms with E-state index in [1.165, 1.54) is 24.3 Å². The zero-order chi connectivity index (χ0) is 18.7. The molecule has 2 aliphatic heterocycles. The number of nitrogens with one attached hydrogen (secondary N) is 1. The first-order valence-corrected chi connectivity index (χ1v) is 8.86. The molecule has 1 aromatic carbocycles. The predicted molar refractivity (Wildman–Crippen MR) is 92.6 cm³/mol. The lowest BCUT2D eigenvalue weighted by Crippen LogP contribution is -2.31. The number of hydrogen-bond acceptors (Lipinski definition) is 3. The Bertz CT molecular complexity index is 674. The van der Waals surface area contributed by atoms with Gasteiger partial charge in [-0.2, -0.15) is 0 Å². The van der Waals surface area contributed by atoms with Gasteiger partial charge in [0.15, 0.2) is 0 Å². The zero-order valence-electron chi connectivity index (χ0n) is 14.7. The molecular weight excluding hydrogens is 345 g/mol. The van der Waals surface area contributed by atoms with E-state index in [2.05, 4.69) is 10.1 Å². The Morgan fingerprint density at radius 2 is 1.88 bits per heavy atom. The lowest BCUT2D eigenvalue weighted by Gasteiger charge is -2.19. The van der Waals surface area contributed by atoms with Gasteiger partial charge in [-0.05, 0) is 74.0 Å². The number of aryl methyl sites for hydroxylation is 1. The normalized spacial score (nSPS) is 23.8. The van der Waals surface area contributed by atoms with E-state index in [1.807, 2.05) is 4.90 Å². The van der Waals surface area contributed by atoms with E-state index < -0.39 is 6.36 Å². The first-order chi connectivity index (χ1) is 12.3. The molecule has 2 fully saturated rings. The Kier molecular flexibility index (Phi) is 5.55. The van der Waals surface area contributed by atoms with Crippen LogP contribution in [0.2, 0.25) is 0 Å². The second kappa shape index (κ2) is 7.70. The number of benzene rings is 1. The topological polar surface area (TPSA) is 41.6 Å². The summed E-state index contributed by atoms with van der Waals surface area (Å²) in [5.41, 5.74) is 1.32. The van der Waals surface area contributed by atoms with Gasteiger partial charge in [0.1, 0.15) is 5.75 Å². The minimum atomic E-state index is -4.71. The third-order valence-corrected chi connectivity index (χ3v) is 5.21. The van der Waals surface area contributed by atoms with Crippen molar-refractivity contribution in [3.8, 4) is 5.75 Å². The monoisotopic (exact) mass is 368 g/mol. The summed E-state index contributed by atoms with van der Waals surface area (Å²) in [6.07, 6.45) is 0.480. The summed E-state index contributed by atoms with van der Waals surface area (Å²) < 4.78 is 40.7. The van der Waals surface area contributed by atoms with E-state index in [4.69, 9.17) is 0 Å².